The summed E-state index contributed by atoms with van der Waals surface area (Å²) in [7, 11) is -0.187. The Morgan fingerprint density at radius 1 is 0.462 bits per heavy atom. The van der Waals surface area contributed by atoms with Gasteiger partial charge in [0.2, 0.25) is 0 Å². The first-order valence-corrected chi connectivity index (χ1v) is 16.0. The number of rotatable bonds is 7. The van der Waals surface area contributed by atoms with E-state index in [0.29, 0.717) is 11.8 Å². The van der Waals surface area contributed by atoms with Crippen molar-refractivity contribution in [1.82, 2.24) is 0 Å². The first-order chi connectivity index (χ1) is 19.0. The van der Waals surface area contributed by atoms with Crippen LogP contribution in [0.5, 0.6) is 0 Å². The summed E-state index contributed by atoms with van der Waals surface area (Å²) in [6.07, 6.45) is 2.58. The molecule has 0 unspecified atom stereocenters. The molecule has 39 heavy (non-hydrogen) atoms. The minimum absolute atomic E-state index is 0.187. The Labute approximate surface area is 234 Å². The topological polar surface area (TPSA) is 0 Å². The van der Waals surface area contributed by atoms with Gasteiger partial charge in [0.1, 0.15) is 0 Å². The van der Waals surface area contributed by atoms with Gasteiger partial charge in [0, 0.05) is 0 Å². The van der Waals surface area contributed by atoms with E-state index in [9.17, 15) is 0 Å². The van der Waals surface area contributed by atoms with Crippen LogP contribution in [0.1, 0.15) is 27.7 Å². The molecule has 0 aliphatic heterocycles. The lowest BCUT2D eigenvalue weighted by Crippen LogP contribution is -2.12. The second-order valence-electron chi connectivity index (χ2n) is 11.6. The molecule has 0 amide bonds. The van der Waals surface area contributed by atoms with E-state index in [1.54, 1.807) is 0 Å². The van der Waals surface area contributed by atoms with Crippen molar-refractivity contribution in [3.63, 3.8) is 0 Å². The standard InChI is InChI=1S/C38H37P/c1-26(2)24-39(25-27(3)4)32-15-11-14-30(23-32)37-33-16-7-9-18-35(33)38(36-19-10-8-17-34(36)37)31-21-20-28-12-5-6-13-29(28)22-31/h5-23,26-27H,24-25H2,1-4H3. The molecule has 0 fully saturated rings. The lowest BCUT2D eigenvalue weighted by molar-refractivity contribution is 0.721. The summed E-state index contributed by atoms with van der Waals surface area (Å²) in [6.45, 7) is 9.47. The second kappa shape index (κ2) is 11.0. The molecule has 0 nitrogen and oxygen atoms in total. The number of hydrogen-bond donors (Lipinski definition) is 0. The van der Waals surface area contributed by atoms with Crippen molar-refractivity contribution in [3.05, 3.63) is 115 Å². The molecule has 0 N–H and O–H groups in total. The average molecular weight is 525 g/mol. The molecule has 0 aliphatic rings. The third kappa shape index (κ3) is 5.11. The van der Waals surface area contributed by atoms with E-state index in [1.807, 2.05) is 0 Å². The molecule has 0 radical (unpaired) electrons. The fourth-order valence-corrected chi connectivity index (χ4v) is 9.07. The fourth-order valence-electron chi connectivity index (χ4n) is 6.12. The van der Waals surface area contributed by atoms with Crippen molar-refractivity contribution in [3.8, 4) is 22.3 Å². The highest BCUT2D eigenvalue weighted by atomic mass is 31.1. The maximum atomic E-state index is 2.51. The summed E-state index contributed by atoms with van der Waals surface area (Å²) < 4.78 is 0. The fraction of sp³-hybridized carbons (Fsp3) is 0.211. The molecular formula is C38H37P. The lowest BCUT2D eigenvalue weighted by Gasteiger charge is -2.23. The normalized spacial score (nSPS) is 12.0. The van der Waals surface area contributed by atoms with E-state index in [0.717, 1.165) is 0 Å². The Morgan fingerprint density at radius 3 is 1.49 bits per heavy atom. The van der Waals surface area contributed by atoms with Crippen LogP contribution in [0, 0.1) is 11.8 Å². The third-order valence-electron chi connectivity index (χ3n) is 7.64. The van der Waals surface area contributed by atoms with Crippen LogP contribution >= 0.6 is 7.92 Å². The van der Waals surface area contributed by atoms with Crippen LogP contribution in [0.15, 0.2) is 115 Å². The predicted octanol–water partition coefficient (Wildman–Crippen LogP) is 10.9. The summed E-state index contributed by atoms with van der Waals surface area (Å²) in [5, 5.41) is 9.39. The van der Waals surface area contributed by atoms with E-state index >= 15 is 0 Å². The molecule has 0 heterocycles. The van der Waals surface area contributed by atoms with Crippen LogP contribution in [0.2, 0.25) is 0 Å². The molecule has 0 atom stereocenters. The summed E-state index contributed by atoms with van der Waals surface area (Å²) >= 11 is 0. The van der Waals surface area contributed by atoms with E-state index in [-0.39, 0.29) is 7.92 Å². The van der Waals surface area contributed by atoms with Gasteiger partial charge in [0.25, 0.3) is 0 Å². The maximum absolute atomic E-state index is 2.51. The highest BCUT2D eigenvalue weighted by Gasteiger charge is 2.19. The van der Waals surface area contributed by atoms with E-state index < -0.39 is 0 Å². The number of benzene rings is 6. The summed E-state index contributed by atoms with van der Waals surface area (Å²) in [5.41, 5.74) is 5.30. The molecule has 0 aliphatic carbocycles. The van der Waals surface area contributed by atoms with Crippen molar-refractivity contribution in [2.24, 2.45) is 11.8 Å². The van der Waals surface area contributed by atoms with Gasteiger partial charge in [-0.15, -0.1) is 0 Å². The van der Waals surface area contributed by atoms with Gasteiger partial charge in [-0.05, 0) is 96.2 Å². The highest BCUT2D eigenvalue weighted by molar-refractivity contribution is 7.65. The SMILES string of the molecule is CC(C)CP(CC(C)C)c1cccc(-c2c3ccccc3c(-c3ccc4ccccc4c3)c3ccccc23)c1. The smallest absolute Gasteiger partial charge is 0.00261 e. The zero-order valence-electron chi connectivity index (χ0n) is 23.5. The Kier molecular flexibility index (Phi) is 7.24. The molecule has 0 aromatic heterocycles. The second-order valence-corrected chi connectivity index (χ2v) is 14.0. The Bertz CT molecular complexity index is 1710. The zero-order chi connectivity index (χ0) is 26.9. The van der Waals surface area contributed by atoms with Crippen LogP contribution in [0.4, 0.5) is 0 Å². The lowest BCUT2D eigenvalue weighted by atomic mass is 9.85. The molecule has 194 valence electrons. The van der Waals surface area contributed by atoms with Crippen molar-refractivity contribution in [2.45, 2.75) is 27.7 Å². The predicted molar refractivity (Wildman–Crippen MR) is 176 cm³/mol. The molecule has 0 spiro atoms. The first kappa shape index (κ1) is 25.8. The highest BCUT2D eigenvalue weighted by Crippen LogP contribution is 2.45. The van der Waals surface area contributed by atoms with Gasteiger partial charge in [-0.2, -0.15) is 0 Å². The summed E-state index contributed by atoms with van der Waals surface area (Å²) in [5.74, 6) is 1.42. The largest absolute Gasteiger partial charge is 0.0748 e. The molecule has 1 heteroatoms. The van der Waals surface area contributed by atoms with Crippen LogP contribution < -0.4 is 5.30 Å². The van der Waals surface area contributed by atoms with E-state index in [2.05, 4.69) is 143 Å². The van der Waals surface area contributed by atoms with Crippen molar-refractivity contribution < 1.29 is 0 Å². The molecule has 0 bridgehead atoms. The van der Waals surface area contributed by atoms with Crippen molar-refractivity contribution in [1.29, 1.82) is 0 Å². The van der Waals surface area contributed by atoms with Gasteiger partial charge >= 0.3 is 0 Å². The van der Waals surface area contributed by atoms with Gasteiger partial charge in [-0.3, -0.25) is 0 Å². The third-order valence-corrected chi connectivity index (χ3v) is 11.0. The van der Waals surface area contributed by atoms with Gasteiger partial charge in [-0.1, -0.05) is 139 Å². The molecular weight excluding hydrogens is 487 g/mol. The monoisotopic (exact) mass is 524 g/mol. The Morgan fingerprint density at radius 2 is 0.949 bits per heavy atom. The molecule has 6 rings (SSSR count). The Hall–Kier alpha value is -3.47. The minimum Gasteiger partial charge on any atom is -0.0748 e. The number of fused-ring (bicyclic) bond motifs is 3. The quantitative estimate of drug-likeness (QED) is 0.144. The molecule has 0 saturated heterocycles. The van der Waals surface area contributed by atoms with Gasteiger partial charge < -0.3 is 0 Å². The molecule has 6 aromatic carbocycles. The van der Waals surface area contributed by atoms with E-state index in [4.69, 9.17) is 0 Å². The first-order valence-electron chi connectivity index (χ1n) is 14.3. The van der Waals surface area contributed by atoms with Crippen LogP contribution in [-0.2, 0) is 0 Å². The van der Waals surface area contributed by atoms with Crippen molar-refractivity contribution >= 4 is 45.5 Å². The van der Waals surface area contributed by atoms with Crippen LogP contribution in [0.3, 0.4) is 0 Å². The van der Waals surface area contributed by atoms with E-state index in [1.165, 1.54) is 72.2 Å². The van der Waals surface area contributed by atoms with Gasteiger partial charge in [0.05, 0.1) is 0 Å². The van der Waals surface area contributed by atoms with Crippen LogP contribution in [0.25, 0.3) is 54.6 Å². The zero-order valence-corrected chi connectivity index (χ0v) is 24.4. The summed E-state index contributed by atoms with van der Waals surface area (Å²) in [6, 6.07) is 43.1. The molecule has 6 aromatic rings. The summed E-state index contributed by atoms with van der Waals surface area (Å²) in [4.78, 5) is 0. The van der Waals surface area contributed by atoms with Gasteiger partial charge in [0.15, 0.2) is 0 Å². The molecule has 0 saturated carbocycles. The van der Waals surface area contributed by atoms with Crippen LogP contribution in [-0.4, -0.2) is 12.3 Å². The maximum Gasteiger partial charge on any atom is -0.00261 e. The number of hydrogen-bond acceptors (Lipinski definition) is 0. The van der Waals surface area contributed by atoms with Crippen molar-refractivity contribution in [2.75, 3.05) is 12.3 Å². The minimum atomic E-state index is -0.187. The van der Waals surface area contributed by atoms with Gasteiger partial charge in [-0.25, -0.2) is 0 Å². The Balaban J connectivity index is 1.61. The average Bonchev–Trinajstić information content (AvgIpc) is 2.95.